The van der Waals surface area contributed by atoms with Gasteiger partial charge in [-0.05, 0) is 49.8 Å². The predicted molar refractivity (Wildman–Crippen MR) is 158 cm³/mol. The molecular weight excluding hydrogens is 594 g/mol. The summed E-state index contributed by atoms with van der Waals surface area (Å²) in [6, 6.07) is 10.0. The molecule has 12 nitrogen and oxygen atoms in total. The molecule has 0 spiro atoms. The van der Waals surface area contributed by atoms with Crippen molar-refractivity contribution in [3.05, 3.63) is 54.4 Å². The van der Waals surface area contributed by atoms with Gasteiger partial charge >= 0.3 is 0 Å². The van der Waals surface area contributed by atoms with E-state index in [0.29, 0.717) is 29.6 Å². The van der Waals surface area contributed by atoms with Crippen molar-refractivity contribution in [2.45, 2.75) is 61.6 Å². The highest BCUT2D eigenvalue weighted by Gasteiger charge is 2.62. The molecule has 3 aromatic rings. The highest BCUT2D eigenvalue weighted by molar-refractivity contribution is 7.91. The largest absolute Gasteiger partial charge is 0.471 e. The molecule has 3 heterocycles. The lowest BCUT2D eigenvalue weighted by molar-refractivity contribution is -0.145. The third-order valence-corrected chi connectivity index (χ3v) is 10.7. The average Bonchev–Trinajstić information content (AvgIpc) is 3.85. The average molecular weight is 626 g/mol. The summed E-state index contributed by atoms with van der Waals surface area (Å²) in [6.45, 7) is 4.99. The van der Waals surface area contributed by atoms with Crippen LogP contribution in [0.1, 0.15) is 32.6 Å². The summed E-state index contributed by atoms with van der Waals surface area (Å²) in [4.78, 5) is 51.4. The Labute approximate surface area is 252 Å². The SMILES string of the molecule is C=C[C@@H]1C[C@]1(NC(=O)[C@@H]1C[C@@H](Oc2nc3ccccc3nc2-c2cccs2)CN1C(=O)[C@H](C)O)C(=O)NS(=O)(=O)C1CC1. The van der Waals surface area contributed by atoms with Gasteiger partial charge in [-0.15, -0.1) is 17.9 Å². The number of fused-ring (bicyclic) bond motifs is 1. The van der Waals surface area contributed by atoms with Crippen molar-refractivity contribution in [1.29, 1.82) is 0 Å². The molecule has 1 aromatic carbocycles. The van der Waals surface area contributed by atoms with E-state index in [1.54, 1.807) is 6.07 Å². The van der Waals surface area contributed by atoms with E-state index in [9.17, 15) is 27.9 Å². The van der Waals surface area contributed by atoms with Crippen molar-refractivity contribution in [2.75, 3.05) is 6.54 Å². The number of nitrogens with one attached hydrogen (secondary N) is 2. The first-order chi connectivity index (χ1) is 20.5. The van der Waals surface area contributed by atoms with E-state index in [1.165, 1.54) is 29.2 Å². The minimum absolute atomic E-state index is 0.0274. The highest BCUT2D eigenvalue weighted by Crippen LogP contribution is 2.45. The Hall–Kier alpha value is -3.88. The first-order valence-corrected chi connectivity index (χ1v) is 16.4. The fraction of sp³-hybridized carbons (Fsp3) is 0.414. The van der Waals surface area contributed by atoms with Crippen LogP contribution in [0, 0.1) is 5.92 Å². The Morgan fingerprint density at radius 2 is 1.91 bits per heavy atom. The summed E-state index contributed by atoms with van der Waals surface area (Å²) in [7, 11) is -3.85. The van der Waals surface area contributed by atoms with Crippen molar-refractivity contribution >= 4 is 50.1 Å². The number of para-hydroxylation sites is 2. The number of sulfonamides is 1. The predicted octanol–water partition coefficient (Wildman–Crippen LogP) is 1.76. The van der Waals surface area contributed by atoms with Gasteiger partial charge in [0.25, 0.3) is 11.8 Å². The van der Waals surface area contributed by atoms with E-state index in [2.05, 4.69) is 21.6 Å². The number of hydrogen-bond donors (Lipinski definition) is 3. The number of carbonyl (C=O) groups is 3. The number of hydrogen-bond acceptors (Lipinski definition) is 10. The van der Waals surface area contributed by atoms with Gasteiger partial charge in [0.1, 0.15) is 29.5 Å². The summed E-state index contributed by atoms with van der Waals surface area (Å²) in [6.07, 6.45) is 0.570. The van der Waals surface area contributed by atoms with E-state index >= 15 is 0 Å². The van der Waals surface area contributed by atoms with Gasteiger partial charge in [-0.25, -0.2) is 18.4 Å². The van der Waals surface area contributed by atoms with Crippen LogP contribution >= 0.6 is 11.3 Å². The van der Waals surface area contributed by atoms with E-state index in [1.807, 2.05) is 35.7 Å². The quantitative estimate of drug-likeness (QED) is 0.284. The molecule has 2 aliphatic carbocycles. The molecule has 3 amide bonds. The monoisotopic (exact) mass is 625 g/mol. The molecule has 2 aromatic heterocycles. The lowest BCUT2D eigenvalue weighted by Gasteiger charge is -2.27. The van der Waals surface area contributed by atoms with Gasteiger partial charge in [0.15, 0.2) is 0 Å². The first kappa shape index (κ1) is 29.2. The van der Waals surface area contributed by atoms with Crippen LogP contribution in [0.15, 0.2) is 54.4 Å². The lowest BCUT2D eigenvalue weighted by atomic mass is 10.1. The Kier molecular flexibility index (Phi) is 7.47. The van der Waals surface area contributed by atoms with Gasteiger partial charge in [-0.2, -0.15) is 0 Å². The Bertz CT molecular complexity index is 1710. The van der Waals surface area contributed by atoms with Gasteiger partial charge in [0.2, 0.25) is 21.8 Å². The van der Waals surface area contributed by atoms with Gasteiger partial charge < -0.3 is 20.1 Å². The van der Waals surface area contributed by atoms with Crippen LogP contribution in [-0.4, -0.2) is 81.7 Å². The molecule has 226 valence electrons. The third-order valence-electron chi connectivity index (χ3n) is 8.03. The standard InChI is InChI=1S/C29H31N5O7S2/c1-3-17-14-29(17,28(38)33-43(39,40)19-10-11-19)32-25(36)22-13-18(15-34(22)27(37)16(2)35)41-26-24(23-9-6-12-42-23)30-20-7-4-5-8-21(20)31-26/h3-9,12,16-19,22,35H,1,10-11,13-15H2,2H3,(H,32,36)(H,33,38)/t16-,17+,18+,22-,29+/m0/s1. The number of ether oxygens (including phenoxy) is 1. The highest BCUT2D eigenvalue weighted by atomic mass is 32.2. The maximum absolute atomic E-state index is 13.7. The van der Waals surface area contributed by atoms with Gasteiger partial charge in [-0.1, -0.05) is 24.3 Å². The second-order valence-corrected chi connectivity index (χ2v) is 14.1. The second-order valence-electron chi connectivity index (χ2n) is 11.2. The molecule has 2 saturated carbocycles. The number of nitrogens with zero attached hydrogens (tertiary/aromatic N) is 3. The Balaban J connectivity index is 1.25. The molecule has 6 rings (SSSR count). The summed E-state index contributed by atoms with van der Waals surface area (Å²) in [5.41, 5.74) is 0.311. The number of aliphatic hydroxyl groups is 1. The van der Waals surface area contributed by atoms with Crippen molar-refractivity contribution in [3.63, 3.8) is 0 Å². The molecule has 0 unspecified atom stereocenters. The smallest absolute Gasteiger partial charge is 0.259 e. The maximum Gasteiger partial charge on any atom is 0.259 e. The molecular formula is C29H31N5O7S2. The fourth-order valence-corrected chi connectivity index (χ4v) is 7.50. The van der Waals surface area contributed by atoms with Gasteiger partial charge in [0.05, 0.1) is 27.7 Å². The number of carbonyl (C=O) groups excluding carboxylic acids is 3. The van der Waals surface area contributed by atoms with Crippen LogP contribution in [0.3, 0.4) is 0 Å². The number of aromatic nitrogens is 2. The number of thiophene rings is 1. The summed E-state index contributed by atoms with van der Waals surface area (Å²) < 4.78 is 33.4. The zero-order chi connectivity index (χ0) is 30.5. The second kappa shape index (κ2) is 11.0. The van der Waals surface area contributed by atoms with Crippen LogP contribution in [-0.2, 0) is 24.4 Å². The molecule has 3 fully saturated rings. The minimum atomic E-state index is -3.85. The Morgan fingerprint density at radius 1 is 1.19 bits per heavy atom. The van der Waals surface area contributed by atoms with Crippen molar-refractivity contribution in [2.24, 2.45) is 5.92 Å². The van der Waals surface area contributed by atoms with Crippen molar-refractivity contribution < 1.29 is 32.6 Å². The lowest BCUT2D eigenvalue weighted by Crippen LogP contribution is -2.57. The third kappa shape index (κ3) is 5.61. The minimum Gasteiger partial charge on any atom is -0.471 e. The van der Waals surface area contributed by atoms with Crippen LogP contribution in [0.2, 0.25) is 0 Å². The van der Waals surface area contributed by atoms with Gasteiger partial charge in [-0.3, -0.25) is 19.1 Å². The number of aliphatic hydroxyl groups excluding tert-OH is 1. The summed E-state index contributed by atoms with van der Waals surface area (Å²) in [5, 5.41) is 14.1. The number of likely N-dealkylation sites (tertiary alicyclic amines) is 1. The zero-order valence-corrected chi connectivity index (χ0v) is 24.9. The molecule has 0 radical (unpaired) electrons. The van der Waals surface area contributed by atoms with Crippen LogP contribution in [0.25, 0.3) is 21.6 Å². The zero-order valence-electron chi connectivity index (χ0n) is 23.3. The molecule has 14 heteroatoms. The van der Waals surface area contributed by atoms with E-state index in [4.69, 9.17) is 9.72 Å². The fourth-order valence-electron chi connectivity index (χ4n) is 5.43. The molecule has 5 atom stereocenters. The summed E-state index contributed by atoms with van der Waals surface area (Å²) in [5.74, 6) is -2.41. The van der Waals surface area contributed by atoms with Crippen LogP contribution in [0.4, 0.5) is 0 Å². The molecule has 3 N–H and O–H groups in total. The van der Waals surface area contributed by atoms with Crippen molar-refractivity contribution in [3.8, 4) is 16.5 Å². The summed E-state index contributed by atoms with van der Waals surface area (Å²) >= 11 is 1.47. The molecule has 3 aliphatic rings. The van der Waals surface area contributed by atoms with Crippen LogP contribution in [0.5, 0.6) is 5.88 Å². The normalized spacial score (nSPS) is 25.6. The van der Waals surface area contributed by atoms with E-state index in [0.717, 1.165) is 4.88 Å². The number of benzene rings is 1. The van der Waals surface area contributed by atoms with Crippen LogP contribution < -0.4 is 14.8 Å². The van der Waals surface area contributed by atoms with Crippen molar-refractivity contribution in [1.82, 2.24) is 24.9 Å². The first-order valence-electron chi connectivity index (χ1n) is 14.0. The molecule has 0 bridgehead atoms. The Morgan fingerprint density at radius 3 is 2.51 bits per heavy atom. The maximum atomic E-state index is 13.7. The topological polar surface area (TPSA) is 168 Å². The van der Waals surface area contributed by atoms with E-state index in [-0.39, 0.29) is 25.3 Å². The molecule has 1 aliphatic heterocycles. The molecule has 43 heavy (non-hydrogen) atoms. The van der Waals surface area contributed by atoms with E-state index < -0.39 is 62.7 Å². The number of rotatable bonds is 10. The van der Waals surface area contributed by atoms with Gasteiger partial charge in [0, 0.05) is 12.3 Å². The number of amides is 3. The molecule has 1 saturated heterocycles.